The van der Waals surface area contributed by atoms with Crippen LogP contribution in [0.15, 0.2) is 42.5 Å². The first-order valence-electron chi connectivity index (χ1n) is 8.42. The molecule has 122 valence electrons. The Balaban J connectivity index is 1.82. The summed E-state index contributed by atoms with van der Waals surface area (Å²) in [5, 5.41) is 10.1. The third-order valence-corrected chi connectivity index (χ3v) is 4.93. The Morgan fingerprint density at radius 2 is 1.96 bits per heavy atom. The van der Waals surface area contributed by atoms with Crippen molar-refractivity contribution in [2.75, 3.05) is 13.6 Å². The fraction of sp³-hybridized carbons (Fsp3) is 0.400. The van der Waals surface area contributed by atoms with E-state index in [-0.39, 0.29) is 11.6 Å². The van der Waals surface area contributed by atoms with Gasteiger partial charge in [-0.05, 0) is 68.6 Å². The summed E-state index contributed by atoms with van der Waals surface area (Å²) in [7, 11) is 2.20. The second-order valence-corrected chi connectivity index (χ2v) is 6.49. The predicted molar refractivity (Wildman–Crippen MR) is 92.1 cm³/mol. The Morgan fingerprint density at radius 1 is 1.13 bits per heavy atom. The lowest BCUT2D eigenvalue weighted by atomic mass is 9.92. The van der Waals surface area contributed by atoms with Crippen LogP contribution in [0.25, 0.3) is 11.1 Å². The molecule has 1 saturated heterocycles. The van der Waals surface area contributed by atoms with Crippen molar-refractivity contribution in [1.29, 1.82) is 0 Å². The zero-order chi connectivity index (χ0) is 16.2. The fourth-order valence-corrected chi connectivity index (χ4v) is 3.56. The van der Waals surface area contributed by atoms with Crippen LogP contribution >= 0.6 is 0 Å². The molecule has 0 amide bonds. The molecule has 1 aliphatic heterocycles. The van der Waals surface area contributed by atoms with E-state index in [9.17, 15) is 9.50 Å². The number of hydrogen-bond acceptors (Lipinski definition) is 2. The second kappa shape index (κ2) is 7.14. The van der Waals surface area contributed by atoms with Crippen LogP contribution in [0.4, 0.5) is 4.39 Å². The van der Waals surface area contributed by atoms with E-state index in [1.165, 1.54) is 49.6 Å². The van der Waals surface area contributed by atoms with Crippen molar-refractivity contribution < 1.29 is 9.50 Å². The number of rotatable bonds is 4. The lowest BCUT2D eigenvalue weighted by Gasteiger charge is -2.32. The van der Waals surface area contributed by atoms with Crippen molar-refractivity contribution in [2.45, 2.75) is 38.1 Å². The zero-order valence-corrected chi connectivity index (χ0v) is 13.6. The molecule has 1 heterocycles. The van der Waals surface area contributed by atoms with E-state index in [1.54, 1.807) is 0 Å². The normalized spacial score (nSPS) is 19.0. The molecule has 0 aromatic heterocycles. The molecule has 1 N–H and O–H groups in total. The van der Waals surface area contributed by atoms with Gasteiger partial charge in [-0.1, -0.05) is 30.7 Å². The molecular weight excluding hydrogens is 289 g/mol. The second-order valence-electron chi connectivity index (χ2n) is 6.49. The number of piperidine rings is 1. The van der Waals surface area contributed by atoms with Crippen molar-refractivity contribution in [2.24, 2.45) is 0 Å². The maximum Gasteiger partial charge on any atom is 0.124 e. The molecular formula is C20H24FNO. The first-order valence-corrected chi connectivity index (χ1v) is 8.42. The molecule has 2 nitrogen and oxygen atoms in total. The predicted octanol–water partition coefficient (Wildman–Crippen LogP) is 4.62. The number of halogens is 1. The Labute approximate surface area is 137 Å². The quantitative estimate of drug-likeness (QED) is 0.890. The van der Waals surface area contributed by atoms with Crippen LogP contribution in [0.3, 0.4) is 0 Å². The summed E-state index contributed by atoms with van der Waals surface area (Å²) in [6, 6.07) is 12.8. The van der Waals surface area contributed by atoms with E-state index < -0.39 is 0 Å². The minimum absolute atomic E-state index is 0.133. The van der Waals surface area contributed by atoms with Crippen LogP contribution in [0.5, 0.6) is 5.75 Å². The largest absolute Gasteiger partial charge is 0.507 e. The summed E-state index contributed by atoms with van der Waals surface area (Å²) in [6.07, 6.45) is 5.90. The Bertz CT molecular complexity index is 670. The smallest absolute Gasteiger partial charge is 0.124 e. The summed E-state index contributed by atoms with van der Waals surface area (Å²) < 4.78 is 13.6. The standard InChI is InChI=1S/C20H24FNO/c1-22-13-5-4-7-17(22)11-9-15-6-2-3-8-18(15)19-14-16(21)10-12-20(19)23/h2-3,6,8,10,12,14,17,23H,4-5,7,9,11,13H2,1H3. The summed E-state index contributed by atoms with van der Waals surface area (Å²) in [6.45, 7) is 1.18. The van der Waals surface area contributed by atoms with Crippen molar-refractivity contribution >= 4 is 0 Å². The molecule has 0 spiro atoms. The molecule has 1 atom stereocenters. The third kappa shape index (κ3) is 3.73. The molecule has 3 heteroatoms. The van der Waals surface area contributed by atoms with E-state index in [1.807, 2.05) is 18.2 Å². The number of aryl methyl sites for hydroxylation is 1. The number of hydrogen-bond donors (Lipinski definition) is 1. The van der Waals surface area contributed by atoms with Gasteiger partial charge in [-0.2, -0.15) is 0 Å². The molecule has 3 rings (SSSR count). The minimum Gasteiger partial charge on any atom is -0.507 e. The Morgan fingerprint density at radius 3 is 2.78 bits per heavy atom. The number of likely N-dealkylation sites (tertiary alicyclic amines) is 1. The molecule has 0 aliphatic carbocycles. The van der Waals surface area contributed by atoms with Crippen LogP contribution in [0.2, 0.25) is 0 Å². The van der Waals surface area contributed by atoms with E-state index in [4.69, 9.17) is 0 Å². The summed E-state index contributed by atoms with van der Waals surface area (Å²) in [4.78, 5) is 2.45. The molecule has 1 aliphatic rings. The van der Waals surface area contributed by atoms with Gasteiger partial charge in [0.05, 0.1) is 0 Å². The minimum atomic E-state index is -0.320. The van der Waals surface area contributed by atoms with E-state index >= 15 is 0 Å². The number of phenols is 1. The number of benzene rings is 2. The lowest BCUT2D eigenvalue weighted by Crippen LogP contribution is -2.36. The van der Waals surface area contributed by atoms with Crippen LogP contribution in [-0.2, 0) is 6.42 Å². The van der Waals surface area contributed by atoms with Crippen LogP contribution in [0.1, 0.15) is 31.2 Å². The van der Waals surface area contributed by atoms with Gasteiger partial charge in [-0.15, -0.1) is 0 Å². The van der Waals surface area contributed by atoms with Gasteiger partial charge >= 0.3 is 0 Å². The van der Waals surface area contributed by atoms with Gasteiger partial charge in [-0.25, -0.2) is 4.39 Å². The SMILES string of the molecule is CN1CCCCC1CCc1ccccc1-c1cc(F)ccc1O. The summed E-state index contributed by atoms with van der Waals surface area (Å²) in [5.74, 6) is -0.187. The molecule has 0 bridgehead atoms. The van der Waals surface area contributed by atoms with Crippen molar-refractivity contribution in [3.8, 4) is 16.9 Å². The lowest BCUT2D eigenvalue weighted by molar-refractivity contribution is 0.176. The molecule has 0 saturated carbocycles. The van der Waals surface area contributed by atoms with Crippen LogP contribution < -0.4 is 0 Å². The van der Waals surface area contributed by atoms with Crippen molar-refractivity contribution in [3.63, 3.8) is 0 Å². The highest BCUT2D eigenvalue weighted by Crippen LogP contribution is 2.33. The molecule has 23 heavy (non-hydrogen) atoms. The average Bonchev–Trinajstić information content (AvgIpc) is 2.57. The third-order valence-electron chi connectivity index (χ3n) is 4.93. The molecule has 1 fully saturated rings. The Hall–Kier alpha value is -1.87. The first kappa shape index (κ1) is 16.0. The number of aromatic hydroxyl groups is 1. The monoisotopic (exact) mass is 313 g/mol. The maximum atomic E-state index is 13.6. The van der Waals surface area contributed by atoms with Gasteiger partial charge in [0.15, 0.2) is 0 Å². The maximum absolute atomic E-state index is 13.6. The highest BCUT2D eigenvalue weighted by Gasteiger charge is 2.19. The molecule has 2 aromatic carbocycles. The van der Waals surface area contributed by atoms with E-state index in [0.29, 0.717) is 11.6 Å². The van der Waals surface area contributed by atoms with Gasteiger partial charge in [0, 0.05) is 11.6 Å². The van der Waals surface area contributed by atoms with Crippen molar-refractivity contribution in [1.82, 2.24) is 4.90 Å². The van der Waals surface area contributed by atoms with Crippen LogP contribution in [0, 0.1) is 5.82 Å². The number of phenolic OH excluding ortho intramolecular Hbond substituents is 1. The van der Waals surface area contributed by atoms with Gasteiger partial charge < -0.3 is 10.0 Å². The summed E-state index contributed by atoms with van der Waals surface area (Å²) in [5.41, 5.74) is 2.69. The number of nitrogens with zero attached hydrogens (tertiary/aromatic N) is 1. The van der Waals surface area contributed by atoms with E-state index in [2.05, 4.69) is 18.0 Å². The Kier molecular flexibility index (Phi) is 4.97. The summed E-state index contributed by atoms with van der Waals surface area (Å²) >= 11 is 0. The zero-order valence-electron chi connectivity index (χ0n) is 13.6. The van der Waals surface area contributed by atoms with Gasteiger partial charge in [0.25, 0.3) is 0 Å². The molecule has 1 unspecified atom stereocenters. The van der Waals surface area contributed by atoms with Gasteiger partial charge in [0.2, 0.25) is 0 Å². The molecule has 2 aromatic rings. The fourth-order valence-electron chi connectivity index (χ4n) is 3.56. The van der Waals surface area contributed by atoms with Gasteiger partial charge in [0.1, 0.15) is 11.6 Å². The highest BCUT2D eigenvalue weighted by atomic mass is 19.1. The topological polar surface area (TPSA) is 23.5 Å². The first-order chi connectivity index (χ1) is 11.1. The van der Waals surface area contributed by atoms with Gasteiger partial charge in [-0.3, -0.25) is 0 Å². The van der Waals surface area contributed by atoms with E-state index in [0.717, 1.165) is 18.4 Å². The average molecular weight is 313 g/mol. The molecule has 0 radical (unpaired) electrons. The highest BCUT2D eigenvalue weighted by molar-refractivity contribution is 5.73. The van der Waals surface area contributed by atoms with Crippen LogP contribution in [-0.4, -0.2) is 29.6 Å². The van der Waals surface area contributed by atoms with Crippen molar-refractivity contribution in [3.05, 3.63) is 53.8 Å².